The highest BCUT2D eigenvalue weighted by Gasteiger charge is 1.45. The van der Waals surface area contributed by atoms with Crippen molar-refractivity contribution >= 4 is 6.08 Å². The number of carbonyl (C=O) groups excluding carboxylic acids is 1. The van der Waals surface area contributed by atoms with E-state index in [9.17, 15) is 0 Å². The summed E-state index contributed by atoms with van der Waals surface area (Å²) in [6, 6.07) is 0. The van der Waals surface area contributed by atoms with E-state index in [1.807, 2.05) is 0 Å². The molecule has 0 spiro atoms. The van der Waals surface area contributed by atoms with Gasteiger partial charge in [0.1, 0.15) is 0 Å². The monoisotopic (exact) mass is 113 g/mol. The van der Waals surface area contributed by atoms with Crippen LogP contribution in [0.3, 0.4) is 0 Å². The van der Waals surface area contributed by atoms with Crippen LogP contribution in [0.25, 0.3) is 0 Å². The summed E-state index contributed by atoms with van der Waals surface area (Å²) in [5, 5.41) is 5.40. The molecule has 1 N–H and O–H groups in total. The van der Waals surface area contributed by atoms with Gasteiger partial charge in [-0.3, -0.25) is 0 Å². The van der Waals surface area contributed by atoms with Crippen molar-refractivity contribution in [3.05, 3.63) is 25.7 Å². The standard InChI is InChI=1S/C4H6O.CHNO/c1-3-5-4-2;2-1-3/h3-4H,1-2H2;2H. The fourth-order valence-electron chi connectivity index (χ4n) is 0.0680. The van der Waals surface area contributed by atoms with E-state index in [2.05, 4.69) is 17.9 Å². The Labute approximate surface area is 47.8 Å². The second kappa shape index (κ2) is 17.4. The number of isocyanates is 1. The molecule has 44 valence electrons. The molecule has 3 nitrogen and oxygen atoms in total. The summed E-state index contributed by atoms with van der Waals surface area (Å²) in [4.78, 5) is 8.35. The van der Waals surface area contributed by atoms with Gasteiger partial charge in [0, 0.05) is 0 Å². The highest BCUT2D eigenvalue weighted by Crippen LogP contribution is 1.65. The zero-order valence-corrected chi connectivity index (χ0v) is 4.39. The Bertz CT molecular complexity index is 86.6. The van der Waals surface area contributed by atoms with Crippen LogP contribution in [-0.2, 0) is 9.53 Å². The molecule has 0 unspecified atom stereocenters. The molecular weight excluding hydrogens is 106 g/mol. The van der Waals surface area contributed by atoms with Crippen molar-refractivity contribution in [2.24, 2.45) is 0 Å². The van der Waals surface area contributed by atoms with E-state index < -0.39 is 0 Å². The number of nitrogens with one attached hydrogen (secondary N) is 1. The van der Waals surface area contributed by atoms with Crippen molar-refractivity contribution < 1.29 is 9.53 Å². The Morgan fingerprint density at radius 3 is 1.75 bits per heavy atom. The molecule has 0 bridgehead atoms. The molecule has 0 radical (unpaired) electrons. The third kappa shape index (κ3) is 143. The lowest BCUT2D eigenvalue weighted by atomic mass is 11.1. The molecule has 0 aromatic carbocycles. The van der Waals surface area contributed by atoms with Gasteiger partial charge in [-0.1, -0.05) is 13.2 Å². The van der Waals surface area contributed by atoms with Crippen LogP contribution in [0.15, 0.2) is 25.7 Å². The molecule has 0 amide bonds. The molecule has 8 heavy (non-hydrogen) atoms. The SMILES string of the molecule is C=COC=C.N=C=O. The van der Waals surface area contributed by atoms with Gasteiger partial charge in [-0.25, -0.2) is 10.2 Å². The summed E-state index contributed by atoms with van der Waals surface area (Å²) in [5.74, 6) is 0. The van der Waals surface area contributed by atoms with E-state index in [1.165, 1.54) is 12.5 Å². The first-order chi connectivity index (χ1) is 3.83. The van der Waals surface area contributed by atoms with Crippen LogP contribution in [0.4, 0.5) is 0 Å². The van der Waals surface area contributed by atoms with E-state index in [-0.39, 0.29) is 0 Å². The molecule has 0 aliphatic heterocycles. The first-order valence-corrected chi connectivity index (χ1v) is 1.74. The summed E-state index contributed by atoms with van der Waals surface area (Å²) in [6.07, 6.45) is 3.38. The topological polar surface area (TPSA) is 50.1 Å². The predicted octanol–water partition coefficient (Wildman–Crippen LogP) is 1.19. The minimum absolute atomic E-state index is 0.750. The molecule has 0 rings (SSSR count). The Balaban J connectivity index is 0. The molecule has 0 atom stereocenters. The van der Waals surface area contributed by atoms with Gasteiger partial charge in [0.25, 0.3) is 0 Å². The van der Waals surface area contributed by atoms with Gasteiger partial charge < -0.3 is 4.74 Å². The normalized spacial score (nSPS) is 4.50. The third-order valence-electron chi connectivity index (χ3n) is 0.192. The number of hydrogen-bond acceptors (Lipinski definition) is 3. The molecule has 0 aromatic rings. The fraction of sp³-hybridized carbons (Fsp3) is 0. The smallest absolute Gasteiger partial charge is 0.231 e. The quantitative estimate of drug-likeness (QED) is 0.332. The van der Waals surface area contributed by atoms with Gasteiger partial charge in [-0.05, 0) is 0 Å². The average Bonchev–Trinajstić information content (AvgIpc) is 1.71. The second-order valence-corrected chi connectivity index (χ2v) is 0.571. The molecule has 0 aliphatic rings. The van der Waals surface area contributed by atoms with E-state index in [1.54, 1.807) is 0 Å². The van der Waals surface area contributed by atoms with Crippen LogP contribution in [0.5, 0.6) is 0 Å². The minimum atomic E-state index is 0.750. The van der Waals surface area contributed by atoms with Crippen molar-refractivity contribution in [2.75, 3.05) is 0 Å². The molecule has 0 aromatic heterocycles. The maximum absolute atomic E-state index is 8.35. The largest absolute Gasteiger partial charge is 0.474 e. The number of ether oxygens (including phenoxy) is 1. The second-order valence-electron chi connectivity index (χ2n) is 0.571. The molecule has 0 heterocycles. The van der Waals surface area contributed by atoms with Crippen molar-refractivity contribution in [1.82, 2.24) is 0 Å². The van der Waals surface area contributed by atoms with Gasteiger partial charge in [-0.15, -0.1) is 0 Å². The van der Waals surface area contributed by atoms with E-state index in [0.717, 1.165) is 6.08 Å². The molecular formula is C5H7NO2. The Morgan fingerprint density at radius 2 is 1.75 bits per heavy atom. The van der Waals surface area contributed by atoms with E-state index in [0.29, 0.717) is 0 Å². The highest BCUT2D eigenvalue weighted by molar-refractivity contribution is 5.26. The summed E-state index contributed by atoms with van der Waals surface area (Å²) >= 11 is 0. The molecule has 0 saturated heterocycles. The third-order valence-corrected chi connectivity index (χ3v) is 0.192. The highest BCUT2D eigenvalue weighted by atomic mass is 16.5. The average molecular weight is 113 g/mol. The molecule has 0 aliphatic carbocycles. The van der Waals surface area contributed by atoms with Gasteiger partial charge in [0.15, 0.2) is 0 Å². The summed E-state index contributed by atoms with van der Waals surface area (Å²) in [5.41, 5.74) is 0. The van der Waals surface area contributed by atoms with E-state index >= 15 is 0 Å². The number of hydrogen-bond donors (Lipinski definition) is 1. The first kappa shape index (κ1) is 9.83. The van der Waals surface area contributed by atoms with Crippen LogP contribution in [0, 0.1) is 5.41 Å². The van der Waals surface area contributed by atoms with Gasteiger partial charge in [-0.2, -0.15) is 0 Å². The lowest BCUT2D eigenvalue weighted by Gasteiger charge is -1.76. The van der Waals surface area contributed by atoms with Crippen LogP contribution in [0.1, 0.15) is 0 Å². The summed E-state index contributed by atoms with van der Waals surface area (Å²) in [6.45, 7) is 6.51. The molecule has 0 saturated carbocycles. The Morgan fingerprint density at radius 1 is 1.50 bits per heavy atom. The van der Waals surface area contributed by atoms with Crippen molar-refractivity contribution in [3.63, 3.8) is 0 Å². The maximum Gasteiger partial charge on any atom is 0.231 e. The minimum Gasteiger partial charge on any atom is -0.474 e. The summed E-state index contributed by atoms with van der Waals surface area (Å²) < 4.78 is 4.36. The van der Waals surface area contributed by atoms with Gasteiger partial charge in [0.05, 0.1) is 12.5 Å². The lowest BCUT2D eigenvalue weighted by molar-refractivity contribution is 0.406. The van der Waals surface area contributed by atoms with Crippen LogP contribution < -0.4 is 0 Å². The van der Waals surface area contributed by atoms with Crippen molar-refractivity contribution in [3.8, 4) is 0 Å². The fourth-order valence-corrected chi connectivity index (χ4v) is 0.0680. The van der Waals surface area contributed by atoms with Crippen molar-refractivity contribution in [1.29, 1.82) is 5.41 Å². The number of rotatable bonds is 2. The van der Waals surface area contributed by atoms with Gasteiger partial charge in [0.2, 0.25) is 6.08 Å². The molecule has 0 fully saturated rings. The zero-order valence-electron chi connectivity index (χ0n) is 4.39. The maximum atomic E-state index is 8.35. The first-order valence-electron chi connectivity index (χ1n) is 1.74. The van der Waals surface area contributed by atoms with E-state index in [4.69, 9.17) is 10.2 Å². The van der Waals surface area contributed by atoms with Crippen molar-refractivity contribution in [2.45, 2.75) is 0 Å². The van der Waals surface area contributed by atoms with Gasteiger partial charge >= 0.3 is 0 Å². The van der Waals surface area contributed by atoms with Crippen LogP contribution in [-0.4, -0.2) is 6.08 Å². The molecule has 3 heteroatoms. The van der Waals surface area contributed by atoms with Crippen LogP contribution >= 0.6 is 0 Å². The Kier molecular flexibility index (Phi) is 21.3. The predicted molar refractivity (Wildman–Crippen MR) is 29.9 cm³/mol. The summed E-state index contributed by atoms with van der Waals surface area (Å²) in [7, 11) is 0. The zero-order chi connectivity index (χ0) is 6.83. The Hall–Kier alpha value is -1.34. The lowest BCUT2D eigenvalue weighted by Crippen LogP contribution is -1.52. The van der Waals surface area contributed by atoms with Crippen LogP contribution in [0.2, 0.25) is 0 Å².